The van der Waals surface area contributed by atoms with Crippen molar-refractivity contribution < 1.29 is 9.90 Å². The van der Waals surface area contributed by atoms with E-state index in [1.54, 1.807) is 25.1 Å². The Morgan fingerprint density at radius 3 is 2.75 bits per heavy atom. The van der Waals surface area contributed by atoms with E-state index < -0.39 is 0 Å². The van der Waals surface area contributed by atoms with E-state index in [1.807, 2.05) is 0 Å². The fourth-order valence-electron chi connectivity index (χ4n) is 0.818. The van der Waals surface area contributed by atoms with Crippen molar-refractivity contribution >= 4 is 11.6 Å². The number of anilines is 1. The lowest BCUT2D eigenvalue weighted by molar-refractivity contribution is -0.115. The zero-order valence-corrected chi connectivity index (χ0v) is 6.87. The minimum Gasteiger partial charge on any atom is -0.506 e. The van der Waals surface area contributed by atoms with Crippen molar-refractivity contribution in [2.24, 2.45) is 0 Å². The van der Waals surface area contributed by atoms with E-state index in [-0.39, 0.29) is 11.7 Å². The van der Waals surface area contributed by atoms with Crippen LogP contribution in [0.3, 0.4) is 0 Å². The molecule has 0 aliphatic heterocycles. The second kappa shape index (κ2) is 3.76. The van der Waals surface area contributed by atoms with E-state index in [1.165, 1.54) is 6.07 Å². The molecule has 0 spiro atoms. The highest BCUT2D eigenvalue weighted by Crippen LogP contribution is 2.21. The van der Waals surface area contributed by atoms with Crippen LogP contribution in [-0.2, 0) is 4.79 Å². The first-order valence-electron chi connectivity index (χ1n) is 3.82. The summed E-state index contributed by atoms with van der Waals surface area (Å²) in [5.74, 6) is -0.00389. The number of carbonyl (C=O) groups excluding carboxylic acids is 1. The number of hydrogen-bond acceptors (Lipinski definition) is 2. The van der Waals surface area contributed by atoms with Crippen LogP contribution in [0.4, 0.5) is 5.69 Å². The first-order chi connectivity index (χ1) is 5.74. The van der Waals surface area contributed by atoms with Crippen LogP contribution in [0.25, 0.3) is 0 Å². The highest BCUT2D eigenvalue weighted by molar-refractivity contribution is 5.91. The third kappa shape index (κ3) is 1.99. The number of benzene rings is 1. The van der Waals surface area contributed by atoms with E-state index in [2.05, 4.69) is 5.32 Å². The number of aromatic hydroxyl groups is 1. The van der Waals surface area contributed by atoms with Crippen molar-refractivity contribution in [3.05, 3.63) is 24.3 Å². The monoisotopic (exact) mass is 165 g/mol. The summed E-state index contributed by atoms with van der Waals surface area (Å²) in [5.41, 5.74) is 0.462. The molecule has 0 bridgehead atoms. The van der Waals surface area contributed by atoms with Crippen LogP contribution in [0.2, 0.25) is 0 Å². The van der Waals surface area contributed by atoms with Gasteiger partial charge in [-0.2, -0.15) is 0 Å². The number of phenols is 1. The number of nitrogens with one attached hydrogen (secondary N) is 1. The maximum atomic E-state index is 10.9. The maximum absolute atomic E-state index is 10.9. The molecule has 2 N–H and O–H groups in total. The molecule has 0 aliphatic rings. The molecule has 1 rings (SSSR count). The van der Waals surface area contributed by atoms with Gasteiger partial charge >= 0.3 is 0 Å². The van der Waals surface area contributed by atoms with Crippen LogP contribution >= 0.6 is 0 Å². The number of rotatable bonds is 2. The average molecular weight is 165 g/mol. The molecule has 0 atom stereocenters. The molecule has 0 aromatic heterocycles. The molecule has 0 saturated carbocycles. The number of para-hydroxylation sites is 2. The number of hydrogen-bond donors (Lipinski definition) is 2. The fourth-order valence-corrected chi connectivity index (χ4v) is 0.818. The van der Waals surface area contributed by atoms with Gasteiger partial charge < -0.3 is 10.4 Å². The molecule has 12 heavy (non-hydrogen) atoms. The summed E-state index contributed by atoms with van der Waals surface area (Å²) in [5, 5.41) is 11.8. The highest BCUT2D eigenvalue weighted by atomic mass is 16.3. The zero-order chi connectivity index (χ0) is 8.97. The second-order valence-electron chi connectivity index (χ2n) is 2.42. The molecule has 0 aliphatic carbocycles. The Morgan fingerprint density at radius 1 is 1.50 bits per heavy atom. The van der Waals surface area contributed by atoms with Crippen molar-refractivity contribution in [1.82, 2.24) is 0 Å². The van der Waals surface area contributed by atoms with Gasteiger partial charge in [-0.15, -0.1) is 0 Å². The molecule has 0 fully saturated rings. The lowest BCUT2D eigenvalue weighted by Crippen LogP contribution is -2.09. The molecule has 0 saturated heterocycles. The van der Waals surface area contributed by atoms with Gasteiger partial charge in [0.15, 0.2) is 0 Å². The number of phenolic OH excluding ortho intramolecular Hbond substituents is 1. The third-order valence-electron chi connectivity index (χ3n) is 1.50. The van der Waals surface area contributed by atoms with Crippen LogP contribution < -0.4 is 5.32 Å². The minimum atomic E-state index is -0.100. The fraction of sp³-hybridized carbons (Fsp3) is 0.222. The van der Waals surface area contributed by atoms with Crippen LogP contribution in [0, 0.1) is 0 Å². The van der Waals surface area contributed by atoms with Crippen molar-refractivity contribution in [3.63, 3.8) is 0 Å². The van der Waals surface area contributed by atoms with Gasteiger partial charge in [0, 0.05) is 6.42 Å². The van der Waals surface area contributed by atoms with Gasteiger partial charge in [0.1, 0.15) is 5.75 Å². The molecule has 0 radical (unpaired) electrons. The Morgan fingerprint density at radius 2 is 2.17 bits per heavy atom. The minimum absolute atomic E-state index is 0.0966. The molecule has 3 heteroatoms. The largest absolute Gasteiger partial charge is 0.506 e. The second-order valence-corrected chi connectivity index (χ2v) is 2.42. The quantitative estimate of drug-likeness (QED) is 0.656. The van der Waals surface area contributed by atoms with E-state index in [0.29, 0.717) is 12.1 Å². The molecular weight excluding hydrogens is 154 g/mol. The molecule has 3 nitrogen and oxygen atoms in total. The Bertz CT molecular complexity index is 284. The van der Waals surface area contributed by atoms with Crippen molar-refractivity contribution in [3.8, 4) is 5.75 Å². The highest BCUT2D eigenvalue weighted by Gasteiger charge is 2.01. The van der Waals surface area contributed by atoms with E-state index in [4.69, 9.17) is 0 Å². The van der Waals surface area contributed by atoms with Gasteiger partial charge in [-0.3, -0.25) is 4.79 Å². The topological polar surface area (TPSA) is 49.3 Å². The van der Waals surface area contributed by atoms with Gasteiger partial charge in [0.05, 0.1) is 5.69 Å². The Hall–Kier alpha value is -1.51. The molecule has 1 aromatic carbocycles. The normalized spacial score (nSPS) is 9.42. The zero-order valence-electron chi connectivity index (χ0n) is 6.87. The van der Waals surface area contributed by atoms with E-state index in [0.717, 1.165) is 0 Å². The SMILES string of the molecule is CCC(=O)Nc1ccccc1O. The molecule has 0 heterocycles. The molecule has 1 amide bonds. The predicted molar refractivity (Wildman–Crippen MR) is 47.0 cm³/mol. The third-order valence-corrected chi connectivity index (χ3v) is 1.50. The summed E-state index contributed by atoms with van der Waals surface area (Å²) in [6, 6.07) is 6.65. The standard InChI is InChI=1S/C9H11NO2/c1-2-9(12)10-7-5-3-4-6-8(7)11/h3-6,11H,2H2,1H3,(H,10,12). The Labute approximate surface area is 71.0 Å². The van der Waals surface area contributed by atoms with Crippen LogP contribution in [0.15, 0.2) is 24.3 Å². The lowest BCUT2D eigenvalue weighted by Gasteiger charge is -2.04. The van der Waals surface area contributed by atoms with Crippen LogP contribution in [-0.4, -0.2) is 11.0 Å². The Kier molecular flexibility index (Phi) is 2.69. The molecular formula is C9H11NO2. The van der Waals surface area contributed by atoms with Gasteiger partial charge in [-0.1, -0.05) is 19.1 Å². The van der Waals surface area contributed by atoms with Gasteiger partial charge in [-0.05, 0) is 12.1 Å². The smallest absolute Gasteiger partial charge is 0.224 e. The van der Waals surface area contributed by atoms with Gasteiger partial charge in [-0.25, -0.2) is 0 Å². The van der Waals surface area contributed by atoms with Crippen LogP contribution in [0.5, 0.6) is 5.75 Å². The van der Waals surface area contributed by atoms with Crippen molar-refractivity contribution in [2.75, 3.05) is 5.32 Å². The predicted octanol–water partition coefficient (Wildman–Crippen LogP) is 1.74. The molecule has 0 unspecified atom stereocenters. The summed E-state index contributed by atoms with van der Waals surface area (Å²) in [6.45, 7) is 1.76. The van der Waals surface area contributed by atoms with Crippen molar-refractivity contribution in [1.29, 1.82) is 0 Å². The summed E-state index contributed by atoms with van der Waals surface area (Å²) in [6.07, 6.45) is 0.411. The first kappa shape index (κ1) is 8.59. The number of amides is 1. The van der Waals surface area contributed by atoms with Crippen molar-refractivity contribution in [2.45, 2.75) is 13.3 Å². The molecule has 64 valence electrons. The molecule has 1 aromatic rings. The summed E-state index contributed by atoms with van der Waals surface area (Å²) in [7, 11) is 0. The lowest BCUT2D eigenvalue weighted by atomic mass is 10.3. The van der Waals surface area contributed by atoms with E-state index in [9.17, 15) is 9.90 Å². The van der Waals surface area contributed by atoms with Gasteiger partial charge in [0.25, 0.3) is 0 Å². The number of carbonyl (C=O) groups is 1. The van der Waals surface area contributed by atoms with E-state index >= 15 is 0 Å². The average Bonchev–Trinajstić information content (AvgIpc) is 2.09. The summed E-state index contributed by atoms with van der Waals surface area (Å²) < 4.78 is 0. The van der Waals surface area contributed by atoms with Crippen LogP contribution in [0.1, 0.15) is 13.3 Å². The summed E-state index contributed by atoms with van der Waals surface area (Å²) >= 11 is 0. The maximum Gasteiger partial charge on any atom is 0.224 e. The Balaban J connectivity index is 2.75. The van der Waals surface area contributed by atoms with Gasteiger partial charge in [0.2, 0.25) is 5.91 Å². The first-order valence-corrected chi connectivity index (χ1v) is 3.82. The summed E-state index contributed by atoms with van der Waals surface area (Å²) in [4.78, 5) is 10.9.